The molecule has 1 aliphatic heterocycles. The number of aromatic nitrogens is 2. The molecule has 1 aliphatic carbocycles. The third kappa shape index (κ3) is 3.78. The number of hydrogen-bond acceptors (Lipinski definition) is 5. The van der Waals surface area contributed by atoms with E-state index >= 15 is 0 Å². The number of aryl methyl sites for hydroxylation is 3. The van der Waals surface area contributed by atoms with E-state index in [0.29, 0.717) is 0 Å². The Morgan fingerprint density at radius 2 is 2.00 bits per heavy atom. The minimum atomic E-state index is 0.0883. The highest BCUT2D eigenvalue weighted by atomic mass is 32.2. The monoisotopic (exact) mass is 426 g/mol. The fourth-order valence-electron chi connectivity index (χ4n) is 4.31. The molecule has 2 aromatic heterocycles. The lowest BCUT2D eigenvalue weighted by Gasteiger charge is -2.22. The van der Waals surface area contributed by atoms with Crippen molar-refractivity contribution in [2.75, 3.05) is 12.4 Å². The number of rotatable bonds is 4. The zero-order valence-corrected chi connectivity index (χ0v) is 18.4. The van der Waals surface area contributed by atoms with E-state index in [9.17, 15) is 4.79 Å². The smallest absolute Gasteiger partial charge is 0.267 e. The van der Waals surface area contributed by atoms with Gasteiger partial charge in [0.1, 0.15) is 4.83 Å². The third-order valence-corrected chi connectivity index (χ3v) is 8.18. The van der Waals surface area contributed by atoms with Crippen LogP contribution in [0.15, 0.2) is 34.2 Å². The molecule has 0 bridgehead atoms. The van der Waals surface area contributed by atoms with Gasteiger partial charge < -0.3 is 4.74 Å². The van der Waals surface area contributed by atoms with Crippen molar-refractivity contribution in [2.45, 2.75) is 63.1 Å². The van der Waals surface area contributed by atoms with Crippen LogP contribution in [0, 0.1) is 6.92 Å². The van der Waals surface area contributed by atoms with Crippen molar-refractivity contribution >= 4 is 33.3 Å². The molecule has 1 atom stereocenters. The number of hydrogen-bond donors (Lipinski definition) is 0. The second kappa shape index (κ2) is 8.25. The maximum absolute atomic E-state index is 13.7. The fourth-order valence-corrected chi connectivity index (χ4v) is 6.69. The summed E-state index contributed by atoms with van der Waals surface area (Å²) in [6.07, 6.45) is 8.19. The average Bonchev–Trinajstić information content (AvgIpc) is 3.13. The van der Waals surface area contributed by atoms with Gasteiger partial charge in [-0.15, -0.1) is 11.3 Å². The Labute approximate surface area is 179 Å². The predicted octanol–water partition coefficient (Wildman–Crippen LogP) is 5.30. The van der Waals surface area contributed by atoms with Crippen molar-refractivity contribution in [3.8, 4) is 5.69 Å². The van der Waals surface area contributed by atoms with Crippen LogP contribution in [0.4, 0.5) is 0 Å². The van der Waals surface area contributed by atoms with E-state index < -0.39 is 0 Å². The van der Waals surface area contributed by atoms with Crippen molar-refractivity contribution in [1.82, 2.24) is 9.55 Å². The van der Waals surface area contributed by atoms with Gasteiger partial charge in [0.2, 0.25) is 0 Å². The summed E-state index contributed by atoms with van der Waals surface area (Å²) in [6, 6.07) is 8.19. The van der Waals surface area contributed by atoms with Crippen molar-refractivity contribution < 1.29 is 4.74 Å². The first-order valence-corrected chi connectivity index (χ1v) is 12.4. The molecule has 6 heteroatoms. The lowest BCUT2D eigenvalue weighted by molar-refractivity contribution is 0.0315. The van der Waals surface area contributed by atoms with Crippen molar-refractivity contribution in [3.63, 3.8) is 0 Å². The molecule has 152 valence electrons. The van der Waals surface area contributed by atoms with Crippen LogP contribution in [0.5, 0.6) is 0 Å². The van der Waals surface area contributed by atoms with Gasteiger partial charge in [-0.25, -0.2) is 4.98 Å². The molecule has 0 spiro atoms. The predicted molar refractivity (Wildman–Crippen MR) is 121 cm³/mol. The number of thiophene rings is 1. The summed E-state index contributed by atoms with van der Waals surface area (Å²) in [4.78, 5) is 21.0. The highest BCUT2D eigenvalue weighted by Gasteiger charge is 2.24. The number of benzene rings is 1. The molecule has 5 rings (SSSR count). The molecule has 3 aromatic rings. The summed E-state index contributed by atoms with van der Waals surface area (Å²) in [7, 11) is 0. The van der Waals surface area contributed by atoms with Crippen LogP contribution >= 0.6 is 23.1 Å². The van der Waals surface area contributed by atoms with Crippen LogP contribution in [0.2, 0.25) is 0 Å². The van der Waals surface area contributed by atoms with Gasteiger partial charge in [0.25, 0.3) is 5.56 Å². The number of ether oxygens (including phenoxy) is 1. The molecule has 1 aromatic carbocycles. The first kappa shape index (κ1) is 19.3. The summed E-state index contributed by atoms with van der Waals surface area (Å²) in [5.41, 5.74) is 3.43. The van der Waals surface area contributed by atoms with Gasteiger partial charge >= 0.3 is 0 Å². The van der Waals surface area contributed by atoms with Gasteiger partial charge in [0.15, 0.2) is 5.16 Å². The Bertz CT molecular complexity index is 1080. The first-order valence-electron chi connectivity index (χ1n) is 10.6. The molecule has 3 heterocycles. The second-order valence-electron chi connectivity index (χ2n) is 8.06. The number of thioether (sulfide) groups is 1. The Morgan fingerprint density at radius 1 is 1.17 bits per heavy atom. The molecule has 1 saturated heterocycles. The van der Waals surface area contributed by atoms with E-state index in [0.717, 1.165) is 59.1 Å². The summed E-state index contributed by atoms with van der Waals surface area (Å²) >= 11 is 3.39. The maximum atomic E-state index is 13.7. The van der Waals surface area contributed by atoms with Crippen LogP contribution in [-0.2, 0) is 17.6 Å². The molecule has 0 N–H and O–H groups in total. The quantitative estimate of drug-likeness (QED) is 0.420. The SMILES string of the molecule is Cc1ccc(-n2c(SC[C@@H]3CCCCO3)nc3sc4c(c3c2=O)CCCC4)cc1. The van der Waals surface area contributed by atoms with Crippen molar-refractivity contribution in [1.29, 1.82) is 0 Å². The highest BCUT2D eigenvalue weighted by Crippen LogP contribution is 2.35. The van der Waals surface area contributed by atoms with Crippen molar-refractivity contribution in [3.05, 3.63) is 50.6 Å². The largest absolute Gasteiger partial charge is 0.377 e. The Morgan fingerprint density at radius 3 is 2.79 bits per heavy atom. The summed E-state index contributed by atoms with van der Waals surface area (Å²) in [5.74, 6) is 0.842. The van der Waals surface area contributed by atoms with E-state index in [4.69, 9.17) is 9.72 Å². The molecule has 1 fully saturated rings. The third-order valence-electron chi connectivity index (χ3n) is 5.92. The van der Waals surface area contributed by atoms with Gasteiger partial charge in [-0.05, 0) is 69.6 Å². The molecule has 4 nitrogen and oxygen atoms in total. The highest BCUT2D eigenvalue weighted by molar-refractivity contribution is 7.99. The summed E-state index contributed by atoms with van der Waals surface area (Å²) in [6.45, 7) is 2.92. The Balaban J connectivity index is 1.62. The Kier molecular flexibility index (Phi) is 5.50. The standard InChI is InChI=1S/C23H26N2O2S2/c1-15-9-11-16(12-10-15)25-22(26)20-18-7-2-3-8-19(18)29-21(20)24-23(25)28-14-17-6-4-5-13-27-17/h9-12,17H,2-8,13-14H2,1H3/t17-/m0/s1. The van der Waals surface area contributed by atoms with Crippen LogP contribution in [-0.4, -0.2) is 28.0 Å². The molecular formula is C23H26N2O2S2. The molecule has 0 unspecified atom stereocenters. The summed E-state index contributed by atoms with van der Waals surface area (Å²) in [5, 5.41) is 1.64. The number of nitrogens with zero attached hydrogens (tertiary/aromatic N) is 2. The van der Waals surface area contributed by atoms with E-state index in [1.807, 2.05) is 16.7 Å². The number of fused-ring (bicyclic) bond motifs is 3. The van der Waals surface area contributed by atoms with E-state index in [1.54, 1.807) is 23.1 Å². The second-order valence-corrected chi connectivity index (χ2v) is 10.1. The fraction of sp³-hybridized carbons (Fsp3) is 0.478. The average molecular weight is 427 g/mol. The zero-order chi connectivity index (χ0) is 19.8. The van der Waals surface area contributed by atoms with Gasteiger partial charge in [0.05, 0.1) is 17.2 Å². The first-order chi connectivity index (χ1) is 14.2. The van der Waals surface area contributed by atoms with Crippen LogP contribution in [0.3, 0.4) is 0 Å². The van der Waals surface area contributed by atoms with E-state index in [2.05, 4.69) is 19.1 Å². The normalized spacial score (nSPS) is 19.4. The van der Waals surface area contributed by atoms with Crippen molar-refractivity contribution in [2.24, 2.45) is 0 Å². The van der Waals surface area contributed by atoms with Gasteiger partial charge in [-0.3, -0.25) is 9.36 Å². The van der Waals surface area contributed by atoms with E-state index in [1.165, 1.54) is 35.3 Å². The molecule has 0 saturated carbocycles. The minimum absolute atomic E-state index is 0.0883. The minimum Gasteiger partial charge on any atom is -0.377 e. The van der Waals surface area contributed by atoms with Gasteiger partial charge in [-0.2, -0.15) is 0 Å². The molecular weight excluding hydrogens is 400 g/mol. The topological polar surface area (TPSA) is 44.1 Å². The van der Waals surface area contributed by atoms with Crippen LogP contribution < -0.4 is 5.56 Å². The lowest BCUT2D eigenvalue weighted by Crippen LogP contribution is -2.24. The Hall–Kier alpha value is -1.63. The van der Waals surface area contributed by atoms with Gasteiger partial charge in [0, 0.05) is 17.2 Å². The molecule has 29 heavy (non-hydrogen) atoms. The lowest BCUT2D eigenvalue weighted by atomic mass is 9.97. The molecule has 0 amide bonds. The molecule has 2 aliphatic rings. The zero-order valence-electron chi connectivity index (χ0n) is 16.8. The maximum Gasteiger partial charge on any atom is 0.267 e. The van der Waals surface area contributed by atoms with Crippen LogP contribution in [0.1, 0.15) is 48.1 Å². The molecule has 0 radical (unpaired) electrons. The van der Waals surface area contributed by atoms with E-state index in [-0.39, 0.29) is 11.7 Å². The van der Waals surface area contributed by atoms with Crippen LogP contribution in [0.25, 0.3) is 15.9 Å². The summed E-state index contributed by atoms with van der Waals surface area (Å²) < 4.78 is 7.74. The van der Waals surface area contributed by atoms with Gasteiger partial charge in [-0.1, -0.05) is 29.5 Å².